The van der Waals surface area contributed by atoms with Crippen LogP contribution in [0.15, 0.2) is 30.3 Å². The second kappa shape index (κ2) is 8.45. The lowest BCUT2D eigenvalue weighted by Gasteiger charge is -2.14. The van der Waals surface area contributed by atoms with Gasteiger partial charge in [0.25, 0.3) is 0 Å². The molecule has 0 unspecified atom stereocenters. The highest BCUT2D eigenvalue weighted by Crippen LogP contribution is 2.33. The van der Waals surface area contributed by atoms with Crippen molar-refractivity contribution in [3.63, 3.8) is 0 Å². The van der Waals surface area contributed by atoms with Crippen LogP contribution in [0.3, 0.4) is 0 Å². The van der Waals surface area contributed by atoms with Gasteiger partial charge in [-0.1, -0.05) is 49.2 Å². The number of benzene rings is 2. The molecular weight excluding hydrogens is 359 g/mol. The molecule has 0 radical (unpaired) electrons. The van der Waals surface area contributed by atoms with E-state index in [0.717, 1.165) is 16.7 Å². The summed E-state index contributed by atoms with van der Waals surface area (Å²) < 4.78 is 0. The van der Waals surface area contributed by atoms with Gasteiger partial charge < -0.3 is 15.7 Å². The minimum Gasteiger partial charge on any atom is -0.508 e. The molecule has 3 N–H and O–H groups in total. The molecule has 2 rings (SSSR count). The zero-order chi connectivity index (χ0) is 18.6. The summed E-state index contributed by atoms with van der Waals surface area (Å²) in [6.07, 6.45) is 0.563. The van der Waals surface area contributed by atoms with E-state index in [1.54, 1.807) is 25.2 Å². The molecule has 2 aromatic rings. The van der Waals surface area contributed by atoms with Crippen molar-refractivity contribution in [3.8, 4) is 5.75 Å². The van der Waals surface area contributed by atoms with Gasteiger partial charge in [0.1, 0.15) is 5.75 Å². The molecule has 4 nitrogen and oxygen atoms in total. The van der Waals surface area contributed by atoms with E-state index >= 15 is 0 Å². The summed E-state index contributed by atoms with van der Waals surface area (Å²) in [5.74, 6) is 0.397. The van der Waals surface area contributed by atoms with Gasteiger partial charge in [0.05, 0.1) is 6.54 Å². The van der Waals surface area contributed by atoms with Crippen LogP contribution in [0.4, 0.5) is 5.69 Å². The Labute approximate surface area is 158 Å². The van der Waals surface area contributed by atoms with E-state index in [9.17, 15) is 9.90 Å². The number of hydrogen-bond acceptors (Lipinski definition) is 3. The highest BCUT2D eigenvalue weighted by Gasteiger charge is 2.12. The van der Waals surface area contributed by atoms with Crippen molar-refractivity contribution in [3.05, 3.63) is 57.1 Å². The van der Waals surface area contributed by atoms with E-state index < -0.39 is 0 Å². The molecular formula is C19H22Cl2N2O2. The first kappa shape index (κ1) is 19.4. The van der Waals surface area contributed by atoms with Crippen molar-refractivity contribution in [1.29, 1.82) is 0 Å². The summed E-state index contributed by atoms with van der Waals surface area (Å²) in [6.45, 7) is 4.22. The van der Waals surface area contributed by atoms with Crippen molar-refractivity contribution in [2.75, 3.05) is 18.9 Å². The van der Waals surface area contributed by atoms with E-state index in [-0.39, 0.29) is 18.4 Å². The maximum absolute atomic E-state index is 11.3. The second-order valence-corrected chi connectivity index (χ2v) is 6.98. The van der Waals surface area contributed by atoms with Gasteiger partial charge in [-0.3, -0.25) is 4.79 Å². The molecule has 0 fully saturated rings. The zero-order valence-corrected chi connectivity index (χ0v) is 16.0. The van der Waals surface area contributed by atoms with Crippen LogP contribution in [0.2, 0.25) is 10.0 Å². The monoisotopic (exact) mass is 380 g/mol. The molecule has 0 aliphatic carbocycles. The number of carbonyl (C=O) groups is 1. The fourth-order valence-electron chi connectivity index (χ4n) is 2.53. The molecule has 0 aliphatic heterocycles. The molecule has 0 saturated heterocycles. The van der Waals surface area contributed by atoms with Crippen molar-refractivity contribution in [1.82, 2.24) is 5.32 Å². The highest BCUT2D eigenvalue weighted by molar-refractivity contribution is 6.36. The Morgan fingerprint density at radius 2 is 1.80 bits per heavy atom. The van der Waals surface area contributed by atoms with Crippen molar-refractivity contribution in [2.45, 2.75) is 26.2 Å². The number of aromatic hydroxyl groups is 1. The number of hydrogen-bond donors (Lipinski definition) is 3. The van der Waals surface area contributed by atoms with Crippen molar-refractivity contribution >= 4 is 34.8 Å². The summed E-state index contributed by atoms with van der Waals surface area (Å²) in [7, 11) is 1.58. The Kier molecular flexibility index (Phi) is 6.57. The molecule has 2 aromatic carbocycles. The minimum atomic E-state index is -0.123. The molecule has 0 atom stereocenters. The second-order valence-electron chi connectivity index (χ2n) is 6.17. The topological polar surface area (TPSA) is 61.4 Å². The number of carbonyl (C=O) groups excluding carboxylic acids is 1. The van der Waals surface area contributed by atoms with Crippen LogP contribution < -0.4 is 10.6 Å². The Bertz CT molecular complexity index is 753. The largest absolute Gasteiger partial charge is 0.508 e. The van der Waals surface area contributed by atoms with Crippen LogP contribution in [0.5, 0.6) is 5.75 Å². The molecule has 0 bridgehead atoms. The average molecular weight is 381 g/mol. The SMILES string of the molecule is CNC(=O)CNc1cc(Cl)c(Cc2ccc(O)c(C(C)C)c2)c(Cl)c1. The van der Waals surface area contributed by atoms with Crippen LogP contribution in [0.1, 0.15) is 36.5 Å². The number of rotatable bonds is 6. The number of amides is 1. The predicted molar refractivity (Wildman–Crippen MR) is 104 cm³/mol. The third-order valence-corrected chi connectivity index (χ3v) is 4.64. The molecule has 1 amide bonds. The van der Waals surface area contributed by atoms with E-state index in [1.807, 2.05) is 26.0 Å². The first-order valence-electron chi connectivity index (χ1n) is 8.06. The number of likely N-dealkylation sites (N-methyl/N-ethyl adjacent to an activating group) is 1. The van der Waals surface area contributed by atoms with Gasteiger partial charge in [0.2, 0.25) is 5.91 Å². The highest BCUT2D eigenvalue weighted by atomic mass is 35.5. The zero-order valence-electron chi connectivity index (χ0n) is 14.5. The number of halogens is 2. The van der Waals surface area contributed by atoms with Gasteiger partial charge in [-0.05, 0) is 40.8 Å². The van der Waals surface area contributed by atoms with Crippen molar-refractivity contribution in [2.24, 2.45) is 0 Å². The lowest BCUT2D eigenvalue weighted by Crippen LogP contribution is -2.26. The number of phenolic OH excluding ortho intramolecular Hbond substituents is 1. The Hall–Kier alpha value is -1.91. The molecule has 25 heavy (non-hydrogen) atoms. The smallest absolute Gasteiger partial charge is 0.239 e. The molecule has 0 aromatic heterocycles. The van der Waals surface area contributed by atoms with Gasteiger partial charge in [0.15, 0.2) is 0 Å². The van der Waals surface area contributed by atoms with Crippen LogP contribution in [0.25, 0.3) is 0 Å². The number of nitrogens with one attached hydrogen (secondary N) is 2. The standard InChI is InChI=1S/C19H22Cl2N2O2/c1-11(2)14-6-12(4-5-18(14)24)7-15-16(20)8-13(9-17(15)21)23-10-19(25)22-3/h4-6,8-9,11,23-24H,7,10H2,1-3H3,(H,22,25). The number of anilines is 1. The minimum absolute atomic E-state index is 0.123. The van der Waals surface area contributed by atoms with Crippen LogP contribution >= 0.6 is 23.2 Å². The third-order valence-electron chi connectivity index (χ3n) is 3.97. The maximum Gasteiger partial charge on any atom is 0.239 e. The van der Waals surface area contributed by atoms with E-state index in [1.165, 1.54) is 0 Å². The summed E-state index contributed by atoms with van der Waals surface area (Å²) in [5, 5.41) is 16.5. The summed E-state index contributed by atoms with van der Waals surface area (Å²) in [4.78, 5) is 11.3. The molecule has 0 saturated carbocycles. The Morgan fingerprint density at radius 3 is 2.36 bits per heavy atom. The van der Waals surface area contributed by atoms with Gasteiger partial charge in [-0.2, -0.15) is 0 Å². The predicted octanol–water partition coefficient (Wildman–Crippen LogP) is 4.57. The van der Waals surface area contributed by atoms with Crippen molar-refractivity contribution < 1.29 is 9.90 Å². The van der Waals surface area contributed by atoms with Gasteiger partial charge >= 0.3 is 0 Å². The molecule has 0 spiro atoms. The summed E-state index contributed by atoms with van der Waals surface area (Å²) >= 11 is 12.8. The normalized spacial score (nSPS) is 10.8. The molecule has 0 aliphatic rings. The third kappa shape index (κ3) is 5.03. The average Bonchev–Trinajstić information content (AvgIpc) is 2.57. The summed E-state index contributed by atoms with van der Waals surface area (Å²) in [5.41, 5.74) is 3.43. The quantitative estimate of drug-likeness (QED) is 0.687. The first-order chi connectivity index (χ1) is 11.8. The Morgan fingerprint density at radius 1 is 1.16 bits per heavy atom. The van der Waals surface area contributed by atoms with Crippen LogP contribution in [-0.2, 0) is 11.2 Å². The summed E-state index contributed by atoms with van der Waals surface area (Å²) in [6, 6.07) is 9.06. The number of phenols is 1. The van der Waals surface area contributed by atoms with Gasteiger partial charge in [-0.15, -0.1) is 0 Å². The Balaban J connectivity index is 2.23. The fourth-order valence-corrected chi connectivity index (χ4v) is 3.15. The van der Waals surface area contributed by atoms with Gasteiger partial charge in [-0.25, -0.2) is 0 Å². The molecule has 6 heteroatoms. The maximum atomic E-state index is 11.3. The van der Waals surface area contributed by atoms with E-state index in [4.69, 9.17) is 23.2 Å². The molecule has 0 heterocycles. The van der Waals surface area contributed by atoms with Gasteiger partial charge in [0, 0.05) is 29.2 Å². The lowest BCUT2D eigenvalue weighted by molar-refractivity contribution is -0.118. The van der Waals surface area contributed by atoms with Crippen LogP contribution in [0, 0.1) is 0 Å². The first-order valence-corrected chi connectivity index (χ1v) is 8.81. The van der Waals surface area contributed by atoms with E-state index in [2.05, 4.69) is 10.6 Å². The van der Waals surface area contributed by atoms with Crippen LogP contribution in [-0.4, -0.2) is 24.6 Å². The fraction of sp³-hybridized carbons (Fsp3) is 0.316. The molecule has 134 valence electrons. The van der Waals surface area contributed by atoms with E-state index in [0.29, 0.717) is 27.9 Å². The lowest BCUT2D eigenvalue weighted by atomic mass is 9.96.